The largest absolute Gasteiger partial charge is 0.489 e. The molecule has 0 spiro atoms. The molecule has 122 valence electrons. The van der Waals surface area contributed by atoms with Crippen LogP contribution in [0, 0.1) is 0 Å². The summed E-state index contributed by atoms with van der Waals surface area (Å²) in [6.45, 7) is 0.468. The van der Waals surface area contributed by atoms with Gasteiger partial charge >= 0.3 is 0 Å². The third-order valence-corrected chi connectivity index (χ3v) is 3.68. The molecule has 0 bridgehead atoms. The Balaban J connectivity index is 1.85. The average molecular weight is 333 g/mol. The number of carbonyl (C=O) groups is 1. The number of benzene rings is 2. The predicted molar refractivity (Wildman–Crippen MR) is 92.6 cm³/mol. The van der Waals surface area contributed by atoms with Gasteiger partial charge in [-0.2, -0.15) is 0 Å². The SMILES string of the molecule is CNC(=O)CC(N)Cc1ccc(OCc2cccc(Cl)c2)cc1. The van der Waals surface area contributed by atoms with Crippen LogP contribution < -0.4 is 15.8 Å². The van der Waals surface area contributed by atoms with Crippen molar-refractivity contribution in [2.75, 3.05) is 7.05 Å². The van der Waals surface area contributed by atoms with Crippen molar-refractivity contribution in [1.82, 2.24) is 5.32 Å². The summed E-state index contributed by atoms with van der Waals surface area (Å²) in [6, 6.07) is 15.2. The van der Waals surface area contributed by atoms with Crippen molar-refractivity contribution in [3.05, 3.63) is 64.7 Å². The molecule has 5 heteroatoms. The van der Waals surface area contributed by atoms with Crippen molar-refractivity contribution in [2.24, 2.45) is 5.73 Å². The molecule has 0 saturated heterocycles. The molecule has 0 fully saturated rings. The van der Waals surface area contributed by atoms with Crippen molar-refractivity contribution in [2.45, 2.75) is 25.5 Å². The third kappa shape index (κ3) is 5.93. The van der Waals surface area contributed by atoms with E-state index in [9.17, 15) is 4.79 Å². The van der Waals surface area contributed by atoms with Gasteiger partial charge in [0.25, 0.3) is 0 Å². The Morgan fingerprint density at radius 3 is 2.61 bits per heavy atom. The zero-order chi connectivity index (χ0) is 16.7. The van der Waals surface area contributed by atoms with E-state index < -0.39 is 0 Å². The Labute approximate surface area is 141 Å². The number of nitrogens with one attached hydrogen (secondary N) is 1. The van der Waals surface area contributed by atoms with Gasteiger partial charge in [0, 0.05) is 24.5 Å². The summed E-state index contributed by atoms with van der Waals surface area (Å²) in [5.74, 6) is 0.743. The maximum Gasteiger partial charge on any atom is 0.221 e. The highest BCUT2D eigenvalue weighted by Crippen LogP contribution is 2.17. The summed E-state index contributed by atoms with van der Waals surface area (Å²) >= 11 is 5.95. The lowest BCUT2D eigenvalue weighted by Crippen LogP contribution is -2.31. The van der Waals surface area contributed by atoms with Gasteiger partial charge in [0.2, 0.25) is 5.91 Å². The van der Waals surface area contributed by atoms with Crippen LogP contribution in [0.15, 0.2) is 48.5 Å². The van der Waals surface area contributed by atoms with Gasteiger partial charge in [0.1, 0.15) is 12.4 Å². The molecule has 0 saturated carbocycles. The molecule has 1 amide bonds. The molecule has 2 rings (SSSR count). The number of hydrogen-bond donors (Lipinski definition) is 2. The lowest BCUT2D eigenvalue weighted by atomic mass is 10.0. The Kier molecular flexibility index (Phi) is 6.44. The van der Waals surface area contributed by atoms with E-state index in [2.05, 4.69) is 5.32 Å². The van der Waals surface area contributed by atoms with E-state index >= 15 is 0 Å². The zero-order valence-corrected chi connectivity index (χ0v) is 13.8. The Hall–Kier alpha value is -2.04. The van der Waals surface area contributed by atoms with Gasteiger partial charge in [-0.1, -0.05) is 35.9 Å². The standard InChI is InChI=1S/C18H21ClN2O2/c1-21-18(22)11-16(20)10-13-5-7-17(8-6-13)23-12-14-3-2-4-15(19)9-14/h2-9,16H,10-12,20H2,1H3,(H,21,22). The van der Waals surface area contributed by atoms with Crippen LogP contribution in [-0.4, -0.2) is 19.0 Å². The fraction of sp³-hybridized carbons (Fsp3) is 0.278. The van der Waals surface area contributed by atoms with Crippen LogP contribution in [0.1, 0.15) is 17.5 Å². The summed E-state index contributed by atoms with van der Waals surface area (Å²) in [5.41, 5.74) is 8.07. The van der Waals surface area contributed by atoms with E-state index in [1.165, 1.54) is 0 Å². The molecule has 23 heavy (non-hydrogen) atoms. The molecule has 0 aliphatic rings. The van der Waals surface area contributed by atoms with Gasteiger partial charge in [0.15, 0.2) is 0 Å². The van der Waals surface area contributed by atoms with E-state index in [4.69, 9.17) is 22.1 Å². The van der Waals surface area contributed by atoms with Gasteiger partial charge in [-0.05, 0) is 41.8 Å². The highest BCUT2D eigenvalue weighted by Gasteiger charge is 2.09. The third-order valence-electron chi connectivity index (χ3n) is 3.44. The quantitative estimate of drug-likeness (QED) is 0.819. The zero-order valence-electron chi connectivity index (χ0n) is 13.1. The van der Waals surface area contributed by atoms with Crippen LogP contribution in [0.5, 0.6) is 5.75 Å². The summed E-state index contributed by atoms with van der Waals surface area (Å²) in [5, 5.41) is 3.28. The summed E-state index contributed by atoms with van der Waals surface area (Å²) in [7, 11) is 1.61. The van der Waals surface area contributed by atoms with Crippen LogP contribution in [0.3, 0.4) is 0 Å². The van der Waals surface area contributed by atoms with Gasteiger partial charge in [-0.25, -0.2) is 0 Å². The van der Waals surface area contributed by atoms with E-state index in [0.29, 0.717) is 24.5 Å². The van der Waals surface area contributed by atoms with Crippen molar-refractivity contribution >= 4 is 17.5 Å². The molecule has 2 aromatic carbocycles. The van der Waals surface area contributed by atoms with Crippen LogP contribution in [-0.2, 0) is 17.8 Å². The molecule has 1 atom stereocenters. The number of carbonyl (C=O) groups excluding carboxylic acids is 1. The van der Waals surface area contributed by atoms with E-state index in [-0.39, 0.29) is 11.9 Å². The lowest BCUT2D eigenvalue weighted by molar-refractivity contribution is -0.120. The van der Waals surface area contributed by atoms with Crippen LogP contribution in [0.4, 0.5) is 0 Å². The number of rotatable bonds is 7. The van der Waals surface area contributed by atoms with Crippen LogP contribution >= 0.6 is 11.6 Å². The van der Waals surface area contributed by atoms with Gasteiger partial charge in [-0.3, -0.25) is 4.79 Å². The monoisotopic (exact) mass is 332 g/mol. The van der Waals surface area contributed by atoms with Crippen molar-refractivity contribution in [3.8, 4) is 5.75 Å². The van der Waals surface area contributed by atoms with Crippen molar-refractivity contribution in [1.29, 1.82) is 0 Å². The fourth-order valence-corrected chi connectivity index (χ4v) is 2.44. The minimum atomic E-state index is -0.187. The molecule has 0 aliphatic carbocycles. The molecule has 0 heterocycles. The maximum absolute atomic E-state index is 11.3. The number of hydrogen-bond acceptors (Lipinski definition) is 3. The smallest absolute Gasteiger partial charge is 0.221 e. The molecule has 1 unspecified atom stereocenters. The molecule has 3 N–H and O–H groups in total. The van der Waals surface area contributed by atoms with Crippen molar-refractivity contribution in [3.63, 3.8) is 0 Å². The highest BCUT2D eigenvalue weighted by molar-refractivity contribution is 6.30. The maximum atomic E-state index is 11.3. The Morgan fingerprint density at radius 2 is 1.96 bits per heavy atom. The minimum absolute atomic E-state index is 0.0426. The second-order valence-corrected chi connectivity index (χ2v) is 5.84. The first-order valence-electron chi connectivity index (χ1n) is 7.49. The number of amides is 1. The first-order chi connectivity index (χ1) is 11.1. The number of nitrogens with two attached hydrogens (primary N) is 1. The molecule has 0 radical (unpaired) electrons. The topological polar surface area (TPSA) is 64.4 Å². The van der Waals surface area contributed by atoms with Crippen LogP contribution in [0.25, 0.3) is 0 Å². The lowest BCUT2D eigenvalue weighted by Gasteiger charge is -2.11. The normalized spacial score (nSPS) is 11.8. The molecule has 2 aromatic rings. The van der Waals surface area contributed by atoms with E-state index in [1.807, 2.05) is 48.5 Å². The highest BCUT2D eigenvalue weighted by atomic mass is 35.5. The number of ether oxygens (including phenoxy) is 1. The molecular formula is C18H21ClN2O2. The van der Waals surface area contributed by atoms with Gasteiger partial charge in [-0.15, -0.1) is 0 Å². The average Bonchev–Trinajstić information content (AvgIpc) is 2.54. The first kappa shape index (κ1) is 17.3. The molecule has 0 aliphatic heterocycles. The van der Waals surface area contributed by atoms with E-state index in [1.54, 1.807) is 7.05 Å². The second-order valence-electron chi connectivity index (χ2n) is 5.40. The summed E-state index contributed by atoms with van der Waals surface area (Å²) in [6.07, 6.45) is 0.978. The number of halogens is 1. The summed E-state index contributed by atoms with van der Waals surface area (Å²) < 4.78 is 5.73. The Bertz CT molecular complexity index is 644. The molecule has 0 aromatic heterocycles. The first-order valence-corrected chi connectivity index (χ1v) is 7.87. The van der Waals surface area contributed by atoms with Crippen molar-refractivity contribution < 1.29 is 9.53 Å². The second kappa shape index (κ2) is 8.56. The van der Waals surface area contributed by atoms with Gasteiger partial charge in [0.05, 0.1) is 0 Å². The minimum Gasteiger partial charge on any atom is -0.489 e. The van der Waals surface area contributed by atoms with Crippen LogP contribution in [0.2, 0.25) is 5.02 Å². The van der Waals surface area contributed by atoms with E-state index in [0.717, 1.165) is 16.9 Å². The fourth-order valence-electron chi connectivity index (χ4n) is 2.23. The Morgan fingerprint density at radius 1 is 1.22 bits per heavy atom. The molecular weight excluding hydrogens is 312 g/mol. The summed E-state index contributed by atoms with van der Waals surface area (Å²) in [4.78, 5) is 11.3. The van der Waals surface area contributed by atoms with Gasteiger partial charge < -0.3 is 15.8 Å². The molecule has 4 nitrogen and oxygen atoms in total. The predicted octanol–water partition coefficient (Wildman–Crippen LogP) is 2.92.